The van der Waals surface area contributed by atoms with Crippen LogP contribution in [0.3, 0.4) is 0 Å². The highest BCUT2D eigenvalue weighted by Crippen LogP contribution is 2.38. The van der Waals surface area contributed by atoms with Gasteiger partial charge in [-0.05, 0) is 50.3 Å². The number of carboxylic acid groups (broad SMARTS) is 2. The Hall–Kier alpha value is -3.47. The van der Waals surface area contributed by atoms with Crippen molar-refractivity contribution in [2.24, 2.45) is 11.1 Å². The molecule has 0 saturated heterocycles. The van der Waals surface area contributed by atoms with Crippen molar-refractivity contribution in [1.29, 1.82) is 0 Å². The van der Waals surface area contributed by atoms with Crippen molar-refractivity contribution in [3.63, 3.8) is 0 Å². The molecule has 11 nitrogen and oxygen atoms in total. The molecule has 1 rings (SSSR count). The first-order valence-corrected chi connectivity index (χ1v) is 16.9. The highest BCUT2D eigenvalue weighted by molar-refractivity contribution is 6.10. The van der Waals surface area contributed by atoms with Gasteiger partial charge in [0.1, 0.15) is 17.6 Å². The summed E-state index contributed by atoms with van der Waals surface area (Å²) in [5.41, 5.74) is 0.381. The number of carbonyl (C=O) groups is 5. The monoisotopic (exact) mass is 648 g/mol. The zero-order valence-corrected chi connectivity index (χ0v) is 28.0. The number of nitrogens with two attached hydrogens (primary N) is 1. The number of amides is 2. The van der Waals surface area contributed by atoms with E-state index in [4.69, 9.17) is 10.5 Å². The average Bonchev–Trinajstić information content (AvgIpc) is 3.01. The highest BCUT2D eigenvalue weighted by atomic mass is 16.5. The second-order valence-electron chi connectivity index (χ2n) is 12.5. The zero-order valence-electron chi connectivity index (χ0n) is 28.0. The van der Waals surface area contributed by atoms with Gasteiger partial charge in [-0.25, -0.2) is 9.59 Å². The lowest BCUT2D eigenvalue weighted by Crippen LogP contribution is -2.67. The number of aliphatic carboxylic acids is 2. The Morgan fingerprint density at radius 1 is 0.804 bits per heavy atom. The van der Waals surface area contributed by atoms with E-state index in [1.807, 2.05) is 6.92 Å². The number of aliphatic hydroxyl groups is 1. The largest absolute Gasteiger partial charge is 0.494 e. The number of hydrogen-bond acceptors (Lipinski definition) is 7. The number of nitrogens with one attached hydrogen (secondary N) is 1. The molecular formula is C35H56N2O9. The molecule has 3 atom stereocenters. The van der Waals surface area contributed by atoms with E-state index < -0.39 is 40.8 Å². The molecule has 6 N–H and O–H groups in total. The number of carbonyl (C=O) groups excluding carboxylic acids is 3. The van der Waals surface area contributed by atoms with Crippen LogP contribution in [0.5, 0.6) is 5.75 Å². The van der Waals surface area contributed by atoms with Gasteiger partial charge in [0.25, 0.3) is 11.5 Å². The van der Waals surface area contributed by atoms with Crippen molar-refractivity contribution in [1.82, 2.24) is 5.32 Å². The molecule has 0 aliphatic heterocycles. The molecule has 1 aromatic carbocycles. The van der Waals surface area contributed by atoms with Crippen LogP contribution >= 0.6 is 0 Å². The lowest BCUT2D eigenvalue weighted by atomic mass is 9.68. The fourth-order valence-corrected chi connectivity index (χ4v) is 5.44. The number of ketones is 1. The number of hydrogen-bond donors (Lipinski definition) is 5. The Bertz CT molecular complexity index is 1090. The molecule has 0 saturated carbocycles. The van der Waals surface area contributed by atoms with E-state index in [-0.39, 0.29) is 25.0 Å². The maximum Gasteiger partial charge on any atom is 0.346 e. The Labute approximate surface area is 273 Å². The summed E-state index contributed by atoms with van der Waals surface area (Å²) >= 11 is 0. The van der Waals surface area contributed by atoms with Crippen molar-refractivity contribution < 1.29 is 44.0 Å². The van der Waals surface area contributed by atoms with Gasteiger partial charge in [-0.15, -0.1) is 0 Å². The van der Waals surface area contributed by atoms with Gasteiger partial charge in [0, 0.05) is 19.3 Å². The number of benzene rings is 1. The smallest absolute Gasteiger partial charge is 0.346 e. The van der Waals surface area contributed by atoms with Gasteiger partial charge in [0.2, 0.25) is 5.91 Å². The molecule has 1 aromatic rings. The first kappa shape index (κ1) is 40.6. The zero-order chi connectivity index (χ0) is 34.6. The fraction of sp³-hybridized carbons (Fsp3) is 0.686. The molecule has 46 heavy (non-hydrogen) atoms. The minimum absolute atomic E-state index is 0.129. The van der Waals surface area contributed by atoms with Crippen LogP contribution in [-0.2, 0) is 30.4 Å². The first-order chi connectivity index (χ1) is 21.8. The summed E-state index contributed by atoms with van der Waals surface area (Å²) in [4.78, 5) is 62.2. The van der Waals surface area contributed by atoms with Gasteiger partial charge in [-0.3, -0.25) is 14.4 Å². The van der Waals surface area contributed by atoms with E-state index in [1.54, 1.807) is 24.3 Å². The van der Waals surface area contributed by atoms with Crippen LogP contribution in [0.2, 0.25) is 0 Å². The molecule has 0 fully saturated rings. The van der Waals surface area contributed by atoms with Crippen LogP contribution in [0.15, 0.2) is 24.3 Å². The van der Waals surface area contributed by atoms with Gasteiger partial charge in [-0.2, -0.15) is 0 Å². The van der Waals surface area contributed by atoms with E-state index in [2.05, 4.69) is 12.2 Å². The number of ether oxygens (including phenoxy) is 1. The van der Waals surface area contributed by atoms with Crippen LogP contribution in [0.4, 0.5) is 0 Å². The molecule has 0 radical (unpaired) electrons. The third kappa shape index (κ3) is 13.1. The lowest BCUT2D eigenvalue weighted by molar-refractivity contribution is -0.185. The summed E-state index contributed by atoms with van der Waals surface area (Å²) in [6, 6.07) is 5.26. The highest BCUT2D eigenvalue weighted by Gasteiger charge is 2.62. The molecule has 0 spiro atoms. The molecule has 0 heterocycles. The molecular weight excluding hydrogens is 592 g/mol. The molecule has 0 aliphatic carbocycles. The van der Waals surface area contributed by atoms with Crippen molar-refractivity contribution >= 4 is 29.5 Å². The minimum Gasteiger partial charge on any atom is -0.494 e. The van der Waals surface area contributed by atoms with Gasteiger partial charge in [0.15, 0.2) is 0 Å². The lowest BCUT2D eigenvalue weighted by Gasteiger charge is -2.39. The second-order valence-corrected chi connectivity index (χ2v) is 12.5. The van der Waals surface area contributed by atoms with E-state index in [9.17, 15) is 39.3 Å². The Morgan fingerprint density at radius 3 is 1.83 bits per heavy atom. The van der Waals surface area contributed by atoms with Crippen LogP contribution in [0, 0.1) is 5.41 Å². The summed E-state index contributed by atoms with van der Waals surface area (Å²) in [6.07, 6.45) is 12.3. The average molecular weight is 649 g/mol. The Morgan fingerprint density at radius 2 is 1.33 bits per heavy atom. The number of primary amides is 1. The SMILES string of the molecule is CCCCCCCC(=O)CCCCCCCC[C@](C)(C(=O)N[C@@H](Cc1ccc(OCCCC)cc1)C(=O)O)[C@](O)(C(N)=O)C(=O)O. The van der Waals surface area contributed by atoms with Crippen LogP contribution in [-0.4, -0.2) is 63.1 Å². The Kier molecular flexibility index (Phi) is 18.8. The Balaban J connectivity index is 2.79. The maximum absolute atomic E-state index is 13.6. The van der Waals surface area contributed by atoms with Gasteiger partial charge in [-0.1, -0.05) is 90.2 Å². The van der Waals surface area contributed by atoms with Gasteiger partial charge >= 0.3 is 11.9 Å². The summed E-state index contributed by atoms with van der Waals surface area (Å²) < 4.78 is 5.62. The van der Waals surface area contributed by atoms with E-state index in [1.165, 1.54) is 12.8 Å². The molecule has 0 unspecified atom stereocenters. The fourth-order valence-electron chi connectivity index (χ4n) is 5.44. The summed E-state index contributed by atoms with van der Waals surface area (Å²) in [6.45, 7) is 5.87. The predicted octanol–water partition coefficient (Wildman–Crippen LogP) is 5.34. The third-order valence-corrected chi connectivity index (χ3v) is 8.64. The van der Waals surface area contributed by atoms with Crippen LogP contribution < -0.4 is 15.8 Å². The molecule has 0 aliphatic rings. The van der Waals surface area contributed by atoms with E-state index >= 15 is 0 Å². The minimum atomic E-state index is -3.27. The summed E-state index contributed by atoms with van der Waals surface area (Å²) in [5, 5.41) is 33.0. The van der Waals surface area contributed by atoms with Crippen LogP contribution in [0.25, 0.3) is 0 Å². The molecule has 0 bridgehead atoms. The molecule has 0 aromatic heterocycles. The topological polar surface area (TPSA) is 193 Å². The summed E-state index contributed by atoms with van der Waals surface area (Å²) in [5.74, 6) is -5.17. The van der Waals surface area contributed by atoms with Crippen molar-refractivity contribution in [3.8, 4) is 5.75 Å². The summed E-state index contributed by atoms with van der Waals surface area (Å²) in [7, 11) is 0. The van der Waals surface area contributed by atoms with Crippen molar-refractivity contribution in [3.05, 3.63) is 29.8 Å². The number of rotatable bonds is 27. The third-order valence-electron chi connectivity index (χ3n) is 8.64. The predicted molar refractivity (Wildman–Crippen MR) is 175 cm³/mol. The maximum atomic E-state index is 13.6. The standard InChI is InChI=1S/C35H56N2O9/c1-4-6-8-11-14-17-27(38)18-15-12-9-10-13-16-23-34(3,35(45,31(36)41)33(43)44)32(42)37-29(30(39)40)25-26-19-21-28(22-20-26)46-24-7-5-2/h19-22,29,45H,4-18,23-25H2,1-3H3,(H2,36,41)(H,37,42)(H,39,40)(H,43,44)/t29-,34+,35-/m0/s1. The van der Waals surface area contributed by atoms with Crippen molar-refractivity contribution in [2.45, 2.75) is 142 Å². The van der Waals surface area contributed by atoms with E-state index in [0.29, 0.717) is 37.2 Å². The van der Waals surface area contributed by atoms with Gasteiger partial charge in [0.05, 0.1) is 12.0 Å². The van der Waals surface area contributed by atoms with Gasteiger partial charge < -0.3 is 31.1 Å². The quantitative estimate of drug-likeness (QED) is 0.0619. The second kappa shape index (κ2) is 21.3. The molecule has 2 amide bonds. The molecule has 260 valence electrons. The molecule has 11 heteroatoms. The normalized spacial score (nSPS) is 14.4. The van der Waals surface area contributed by atoms with Crippen LogP contribution in [0.1, 0.15) is 129 Å². The van der Waals surface area contributed by atoms with Crippen molar-refractivity contribution in [2.75, 3.05) is 6.61 Å². The number of carboxylic acids is 2. The first-order valence-electron chi connectivity index (χ1n) is 16.9. The van der Waals surface area contributed by atoms with E-state index in [0.717, 1.165) is 64.7 Å². The number of Topliss-reactive ketones (excluding diaryl/α,β-unsaturated/α-hetero) is 1. The number of unbranched alkanes of at least 4 members (excludes halogenated alkanes) is 10.